The number of carbonyl (C=O) groups is 1. The molecular formula is C21H30N2O. The van der Waals surface area contributed by atoms with Crippen LogP contribution in [0.4, 0.5) is 0 Å². The first kappa shape index (κ1) is 18.3. The van der Waals surface area contributed by atoms with E-state index in [1.54, 1.807) is 0 Å². The lowest BCUT2D eigenvalue weighted by molar-refractivity contribution is 0.0783. The van der Waals surface area contributed by atoms with Gasteiger partial charge in [-0.3, -0.25) is 4.79 Å². The molecule has 0 spiro atoms. The Kier molecular flexibility index (Phi) is 5.87. The van der Waals surface area contributed by atoms with E-state index in [0.29, 0.717) is 12.5 Å². The summed E-state index contributed by atoms with van der Waals surface area (Å²) in [5, 5.41) is 1.18. The summed E-state index contributed by atoms with van der Waals surface area (Å²) in [6.45, 7) is 13.9. The SMILES string of the molecule is C=CCn1c(C(=O)N(C)CCCC)c(C)c2cc(C(C)C)ccc21. The predicted octanol–water partition coefficient (Wildman–Crippen LogP) is 5.13. The van der Waals surface area contributed by atoms with Crippen LogP contribution >= 0.6 is 0 Å². The lowest BCUT2D eigenvalue weighted by Crippen LogP contribution is -2.30. The molecule has 3 nitrogen and oxygen atoms in total. The highest BCUT2D eigenvalue weighted by atomic mass is 16.2. The fourth-order valence-electron chi connectivity index (χ4n) is 3.17. The zero-order valence-electron chi connectivity index (χ0n) is 15.7. The maximum absolute atomic E-state index is 13.0. The molecule has 0 bridgehead atoms. The molecule has 0 saturated heterocycles. The largest absolute Gasteiger partial charge is 0.340 e. The molecule has 0 atom stereocenters. The smallest absolute Gasteiger partial charge is 0.270 e. The van der Waals surface area contributed by atoms with Crippen molar-refractivity contribution in [3.63, 3.8) is 0 Å². The van der Waals surface area contributed by atoms with E-state index in [4.69, 9.17) is 0 Å². The highest BCUT2D eigenvalue weighted by Crippen LogP contribution is 2.30. The number of amides is 1. The summed E-state index contributed by atoms with van der Waals surface area (Å²) in [5.41, 5.74) is 4.29. The molecule has 1 aromatic carbocycles. The molecule has 1 heterocycles. The molecule has 3 heteroatoms. The van der Waals surface area contributed by atoms with Crippen LogP contribution in [0.25, 0.3) is 10.9 Å². The van der Waals surface area contributed by atoms with Crippen molar-refractivity contribution in [1.29, 1.82) is 0 Å². The molecule has 24 heavy (non-hydrogen) atoms. The number of fused-ring (bicyclic) bond motifs is 1. The average molecular weight is 326 g/mol. The van der Waals surface area contributed by atoms with Crippen molar-refractivity contribution in [2.75, 3.05) is 13.6 Å². The standard InChI is InChI=1S/C21H30N2O/c1-7-9-13-22(6)21(24)20-16(5)18-14-17(15(3)4)10-11-19(18)23(20)12-8-2/h8,10-11,14-15H,2,7,9,12-13H2,1,3-6H3. The van der Waals surface area contributed by atoms with E-state index >= 15 is 0 Å². The zero-order valence-corrected chi connectivity index (χ0v) is 15.7. The second kappa shape index (κ2) is 7.69. The third-order valence-electron chi connectivity index (χ3n) is 4.72. The molecule has 1 amide bonds. The van der Waals surface area contributed by atoms with Gasteiger partial charge >= 0.3 is 0 Å². The Bertz CT molecular complexity index is 740. The Morgan fingerprint density at radius 2 is 2.08 bits per heavy atom. The second-order valence-corrected chi connectivity index (χ2v) is 6.88. The summed E-state index contributed by atoms with van der Waals surface area (Å²) in [5.74, 6) is 0.577. The highest BCUT2D eigenvalue weighted by Gasteiger charge is 2.22. The van der Waals surface area contributed by atoms with Gasteiger partial charge in [0.1, 0.15) is 5.69 Å². The zero-order chi connectivity index (χ0) is 17.9. The third-order valence-corrected chi connectivity index (χ3v) is 4.72. The fourth-order valence-corrected chi connectivity index (χ4v) is 3.17. The van der Waals surface area contributed by atoms with Gasteiger partial charge in [-0.2, -0.15) is 0 Å². The van der Waals surface area contributed by atoms with Crippen LogP contribution in [0.1, 0.15) is 61.1 Å². The summed E-state index contributed by atoms with van der Waals surface area (Å²) >= 11 is 0. The van der Waals surface area contributed by atoms with Crippen molar-refractivity contribution in [2.45, 2.75) is 53.0 Å². The predicted molar refractivity (Wildman–Crippen MR) is 103 cm³/mol. The molecule has 0 N–H and O–H groups in total. The van der Waals surface area contributed by atoms with Crippen LogP contribution in [0.3, 0.4) is 0 Å². The molecule has 0 aliphatic carbocycles. The van der Waals surface area contributed by atoms with Gasteiger partial charge in [-0.25, -0.2) is 0 Å². The van der Waals surface area contributed by atoms with Gasteiger partial charge in [0.15, 0.2) is 0 Å². The summed E-state index contributed by atoms with van der Waals surface area (Å²) in [6, 6.07) is 6.54. The van der Waals surface area contributed by atoms with E-state index in [0.717, 1.165) is 36.2 Å². The molecule has 0 fully saturated rings. The van der Waals surface area contributed by atoms with Crippen LogP contribution in [0.2, 0.25) is 0 Å². The molecule has 0 unspecified atom stereocenters. The maximum Gasteiger partial charge on any atom is 0.270 e. The Labute approximate surface area is 146 Å². The van der Waals surface area contributed by atoms with E-state index < -0.39 is 0 Å². The van der Waals surface area contributed by atoms with E-state index in [1.165, 1.54) is 10.9 Å². The van der Waals surface area contributed by atoms with Crippen LogP contribution in [0.15, 0.2) is 30.9 Å². The molecule has 0 radical (unpaired) electrons. The molecule has 0 aliphatic rings. The van der Waals surface area contributed by atoms with Crippen molar-refractivity contribution >= 4 is 16.8 Å². The Morgan fingerprint density at radius 1 is 1.38 bits per heavy atom. The maximum atomic E-state index is 13.0. The molecule has 0 aliphatic heterocycles. The van der Waals surface area contributed by atoms with E-state index in [1.807, 2.05) is 18.0 Å². The number of carbonyl (C=O) groups excluding carboxylic acids is 1. The van der Waals surface area contributed by atoms with Gasteiger partial charge in [-0.05, 0) is 42.5 Å². The minimum Gasteiger partial charge on any atom is -0.340 e. The molecule has 0 saturated carbocycles. The number of benzene rings is 1. The molecule has 130 valence electrons. The number of hydrogen-bond donors (Lipinski definition) is 0. The van der Waals surface area contributed by atoms with Gasteiger partial charge in [0.25, 0.3) is 5.91 Å². The molecular weight excluding hydrogens is 296 g/mol. The number of rotatable bonds is 7. The van der Waals surface area contributed by atoms with Gasteiger partial charge in [-0.15, -0.1) is 6.58 Å². The monoisotopic (exact) mass is 326 g/mol. The lowest BCUT2D eigenvalue weighted by Gasteiger charge is -2.18. The number of aromatic nitrogens is 1. The quantitative estimate of drug-likeness (QED) is 0.647. The minimum atomic E-state index is 0.102. The Morgan fingerprint density at radius 3 is 2.67 bits per heavy atom. The summed E-state index contributed by atoms with van der Waals surface area (Å²) in [7, 11) is 1.90. The highest BCUT2D eigenvalue weighted by molar-refractivity contribution is 6.01. The second-order valence-electron chi connectivity index (χ2n) is 6.88. The fraction of sp³-hybridized carbons (Fsp3) is 0.476. The number of unbranched alkanes of at least 4 members (excludes halogenated alkanes) is 1. The van der Waals surface area contributed by atoms with Gasteiger partial charge in [0.05, 0.1) is 0 Å². The lowest BCUT2D eigenvalue weighted by atomic mass is 10.0. The van der Waals surface area contributed by atoms with Gasteiger partial charge in [0, 0.05) is 31.0 Å². The van der Waals surface area contributed by atoms with E-state index in [9.17, 15) is 4.79 Å². The van der Waals surface area contributed by atoms with Crippen molar-refractivity contribution in [3.05, 3.63) is 47.7 Å². The van der Waals surface area contributed by atoms with Crippen molar-refractivity contribution < 1.29 is 4.79 Å². The first-order valence-corrected chi connectivity index (χ1v) is 8.91. The number of allylic oxidation sites excluding steroid dienone is 1. The molecule has 1 aromatic heterocycles. The number of nitrogens with zero attached hydrogens (tertiary/aromatic N) is 2. The van der Waals surface area contributed by atoms with E-state index in [2.05, 4.69) is 57.0 Å². The molecule has 2 rings (SSSR count). The number of hydrogen-bond acceptors (Lipinski definition) is 1. The first-order valence-electron chi connectivity index (χ1n) is 8.91. The van der Waals surface area contributed by atoms with Crippen LogP contribution < -0.4 is 0 Å². The average Bonchev–Trinajstić information content (AvgIpc) is 2.84. The van der Waals surface area contributed by atoms with Crippen LogP contribution in [-0.2, 0) is 6.54 Å². The minimum absolute atomic E-state index is 0.102. The Balaban J connectivity index is 2.58. The van der Waals surface area contributed by atoms with Crippen molar-refractivity contribution in [2.24, 2.45) is 0 Å². The van der Waals surface area contributed by atoms with Gasteiger partial charge in [-0.1, -0.05) is 39.3 Å². The van der Waals surface area contributed by atoms with Crippen molar-refractivity contribution in [3.8, 4) is 0 Å². The van der Waals surface area contributed by atoms with Gasteiger partial charge < -0.3 is 9.47 Å². The first-order chi connectivity index (χ1) is 11.4. The van der Waals surface area contributed by atoms with Crippen molar-refractivity contribution in [1.82, 2.24) is 9.47 Å². The topological polar surface area (TPSA) is 25.2 Å². The Hall–Kier alpha value is -2.03. The summed E-state index contributed by atoms with van der Waals surface area (Å²) in [4.78, 5) is 14.9. The summed E-state index contributed by atoms with van der Waals surface area (Å²) in [6.07, 6.45) is 3.97. The number of aryl methyl sites for hydroxylation is 1. The summed E-state index contributed by atoms with van der Waals surface area (Å²) < 4.78 is 2.10. The van der Waals surface area contributed by atoms with Crippen LogP contribution in [0, 0.1) is 6.92 Å². The van der Waals surface area contributed by atoms with E-state index in [-0.39, 0.29) is 5.91 Å². The third kappa shape index (κ3) is 3.40. The molecule has 2 aromatic rings. The van der Waals surface area contributed by atoms with Crippen LogP contribution in [0.5, 0.6) is 0 Å². The van der Waals surface area contributed by atoms with Gasteiger partial charge in [0.2, 0.25) is 0 Å². The van der Waals surface area contributed by atoms with Crippen LogP contribution in [-0.4, -0.2) is 29.0 Å². The normalized spacial score (nSPS) is 11.2.